The number of benzene rings is 1. The third-order valence-corrected chi connectivity index (χ3v) is 5.45. The summed E-state index contributed by atoms with van der Waals surface area (Å²) in [4.78, 5) is 28.9. The van der Waals surface area contributed by atoms with Crippen LogP contribution in [0, 0.1) is 5.41 Å². The number of amidine groups is 1. The number of rotatable bonds is 5. The molecule has 3 N–H and O–H groups in total. The monoisotopic (exact) mass is 402 g/mol. The van der Waals surface area contributed by atoms with Gasteiger partial charge in [-0.1, -0.05) is 35.9 Å². The first kappa shape index (κ1) is 19.1. The average Bonchev–Trinajstić information content (AvgIpc) is 3.07. The SMILES string of the molecule is N=C(N)c1ccc(CN2CCN(C(=O)/C=C/c3ccc(Cl)s3)CC2=O)cc1. The summed E-state index contributed by atoms with van der Waals surface area (Å²) in [6.45, 7) is 1.52. The Kier molecular flexibility index (Phi) is 5.93. The molecule has 140 valence electrons. The summed E-state index contributed by atoms with van der Waals surface area (Å²) in [5, 5.41) is 7.41. The van der Waals surface area contributed by atoms with Crippen molar-refractivity contribution in [1.82, 2.24) is 9.80 Å². The van der Waals surface area contributed by atoms with Gasteiger partial charge in [0.1, 0.15) is 12.4 Å². The van der Waals surface area contributed by atoms with Gasteiger partial charge in [0.15, 0.2) is 0 Å². The maximum absolute atomic E-state index is 12.4. The van der Waals surface area contributed by atoms with Crippen LogP contribution in [0.15, 0.2) is 42.5 Å². The molecule has 0 bridgehead atoms. The summed E-state index contributed by atoms with van der Waals surface area (Å²) < 4.78 is 0.669. The molecule has 8 heteroatoms. The van der Waals surface area contributed by atoms with E-state index in [1.807, 2.05) is 18.2 Å². The molecule has 1 aliphatic rings. The molecule has 6 nitrogen and oxygen atoms in total. The predicted molar refractivity (Wildman–Crippen MR) is 108 cm³/mol. The molecule has 2 amide bonds. The van der Waals surface area contributed by atoms with Gasteiger partial charge in [-0.2, -0.15) is 0 Å². The third kappa shape index (κ3) is 4.96. The van der Waals surface area contributed by atoms with Gasteiger partial charge in [-0.15, -0.1) is 11.3 Å². The minimum atomic E-state index is -0.182. The number of halogens is 1. The van der Waals surface area contributed by atoms with Crippen molar-refractivity contribution >= 4 is 46.7 Å². The lowest BCUT2D eigenvalue weighted by molar-refractivity contribution is -0.143. The topological polar surface area (TPSA) is 90.5 Å². The molecule has 0 aliphatic carbocycles. The minimum absolute atomic E-state index is 0.0163. The van der Waals surface area contributed by atoms with E-state index < -0.39 is 0 Å². The van der Waals surface area contributed by atoms with E-state index in [1.165, 1.54) is 17.4 Å². The van der Waals surface area contributed by atoms with Crippen LogP contribution < -0.4 is 5.73 Å². The van der Waals surface area contributed by atoms with Crippen molar-refractivity contribution in [1.29, 1.82) is 5.41 Å². The van der Waals surface area contributed by atoms with Gasteiger partial charge in [-0.25, -0.2) is 0 Å². The van der Waals surface area contributed by atoms with Crippen LogP contribution in [0.4, 0.5) is 0 Å². The summed E-state index contributed by atoms with van der Waals surface area (Å²) in [5.41, 5.74) is 7.06. The molecule has 0 spiro atoms. The van der Waals surface area contributed by atoms with Crippen molar-refractivity contribution in [2.75, 3.05) is 19.6 Å². The first-order valence-corrected chi connectivity index (χ1v) is 9.55. The molecule has 1 saturated heterocycles. The first-order chi connectivity index (χ1) is 12.9. The second-order valence-electron chi connectivity index (χ2n) is 6.16. The van der Waals surface area contributed by atoms with E-state index in [0.717, 1.165) is 10.4 Å². The van der Waals surface area contributed by atoms with Gasteiger partial charge < -0.3 is 15.5 Å². The molecule has 2 aromatic rings. The summed E-state index contributed by atoms with van der Waals surface area (Å²) in [6.07, 6.45) is 3.19. The van der Waals surface area contributed by atoms with Gasteiger partial charge in [0.25, 0.3) is 0 Å². The van der Waals surface area contributed by atoms with Gasteiger partial charge in [0.2, 0.25) is 11.8 Å². The molecule has 27 heavy (non-hydrogen) atoms. The fourth-order valence-electron chi connectivity index (χ4n) is 2.75. The lowest BCUT2D eigenvalue weighted by atomic mass is 10.1. The Morgan fingerprint density at radius 3 is 2.56 bits per heavy atom. The maximum Gasteiger partial charge on any atom is 0.247 e. The fraction of sp³-hybridized carbons (Fsp3) is 0.211. The molecule has 1 aliphatic heterocycles. The van der Waals surface area contributed by atoms with Crippen molar-refractivity contribution in [2.24, 2.45) is 5.73 Å². The summed E-state index contributed by atoms with van der Waals surface area (Å²) >= 11 is 7.27. The second-order valence-corrected chi connectivity index (χ2v) is 7.91. The highest BCUT2D eigenvalue weighted by Crippen LogP contribution is 2.22. The molecule has 2 heterocycles. The van der Waals surface area contributed by atoms with Gasteiger partial charge in [0.05, 0.1) is 4.34 Å². The molecule has 1 aromatic heterocycles. The van der Waals surface area contributed by atoms with Crippen LogP contribution in [0.5, 0.6) is 0 Å². The van der Waals surface area contributed by atoms with E-state index in [4.69, 9.17) is 22.7 Å². The van der Waals surface area contributed by atoms with Gasteiger partial charge >= 0.3 is 0 Å². The fourth-order valence-corrected chi connectivity index (χ4v) is 3.71. The number of carbonyl (C=O) groups is 2. The van der Waals surface area contributed by atoms with E-state index in [-0.39, 0.29) is 24.2 Å². The Balaban J connectivity index is 1.55. The third-order valence-electron chi connectivity index (χ3n) is 4.25. The van der Waals surface area contributed by atoms with Gasteiger partial charge in [0, 0.05) is 36.2 Å². The Labute approximate surface area is 166 Å². The second kappa shape index (κ2) is 8.37. The van der Waals surface area contributed by atoms with Crippen LogP contribution in [-0.4, -0.2) is 47.1 Å². The summed E-state index contributed by atoms with van der Waals surface area (Å²) in [5.74, 6) is -0.251. The van der Waals surface area contributed by atoms with Crippen molar-refractivity contribution in [3.05, 3.63) is 62.8 Å². The van der Waals surface area contributed by atoms with Crippen LogP contribution in [0.1, 0.15) is 16.0 Å². The molecular weight excluding hydrogens is 384 g/mol. The summed E-state index contributed by atoms with van der Waals surface area (Å²) in [7, 11) is 0. The molecule has 1 aromatic carbocycles. The molecule has 0 radical (unpaired) electrons. The number of hydrogen-bond acceptors (Lipinski definition) is 4. The quantitative estimate of drug-likeness (QED) is 0.457. The van der Waals surface area contributed by atoms with Crippen molar-refractivity contribution in [3.8, 4) is 0 Å². The van der Waals surface area contributed by atoms with Crippen LogP contribution in [0.3, 0.4) is 0 Å². The van der Waals surface area contributed by atoms with E-state index in [2.05, 4.69) is 0 Å². The Hall–Kier alpha value is -2.64. The first-order valence-electron chi connectivity index (χ1n) is 8.36. The van der Waals surface area contributed by atoms with E-state index in [0.29, 0.717) is 29.5 Å². The van der Waals surface area contributed by atoms with Gasteiger partial charge in [-0.3, -0.25) is 15.0 Å². The van der Waals surface area contributed by atoms with Crippen molar-refractivity contribution in [2.45, 2.75) is 6.54 Å². The lowest BCUT2D eigenvalue weighted by Gasteiger charge is -2.34. The largest absolute Gasteiger partial charge is 0.384 e. The van der Waals surface area contributed by atoms with E-state index in [9.17, 15) is 9.59 Å². The normalized spacial score (nSPS) is 14.8. The molecular formula is C19H19ClN4O2S. The van der Waals surface area contributed by atoms with Crippen LogP contribution in [0.25, 0.3) is 6.08 Å². The number of amides is 2. The maximum atomic E-state index is 12.4. The van der Waals surface area contributed by atoms with Gasteiger partial charge in [-0.05, 0) is 23.8 Å². The molecule has 0 saturated carbocycles. The summed E-state index contributed by atoms with van der Waals surface area (Å²) in [6, 6.07) is 10.9. The zero-order valence-electron chi connectivity index (χ0n) is 14.5. The number of hydrogen-bond donors (Lipinski definition) is 2. The number of carbonyl (C=O) groups excluding carboxylic acids is 2. The highest BCUT2D eigenvalue weighted by Gasteiger charge is 2.26. The molecule has 0 unspecified atom stereocenters. The highest BCUT2D eigenvalue weighted by molar-refractivity contribution is 7.17. The highest BCUT2D eigenvalue weighted by atomic mass is 35.5. The smallest absolute Gasteiger partial charge is 0.247 e. The Morgan fingerprint density at radius 1 is 1.22 bits per heavy atom. The number of piperazine rings is 1. The molecule has 0 atom stereocenters. The zero-order chi connectivity index (χ0) is 19.4. The molecule has 3 rings (SSSR count). The van der Waals surface area contributed by atoms with Crippen LogP contribution in [0.2, 0.25) is 4.34 Å². The van der Waals surface area contributed by atoms with E-state index in [1.54, 1.807) is 34.1 Å². The standard InChI is InChI=1S/C19H19ClN4O2S/c20-16-7-5-15(27-16)6-8-17(25)24-10-9-23(18(26)12-24)11-13-1-3-14(4-2-13)19(21)22/h1-8H,9-12H2,(H3,21,22)/b8-6+. The Bertz CT molecular complexity index is 891. The minimum Gasteiger partial charge on any atom is -0.384 e. The molecule has 1 fully saturated rings. The van der Waals surface area contributed by atoms with Crippen molar-refractivity contribution in [3.63, 3.8) is 0 Å². The zero-order valence-corrected chi connectivity index (χ0v) is 16.1. The Morgan fingerprint density at radius 2 is 1.96 bits per heavy atom. The lowest BCUT2D eigenvalue weighted by Crippen LogP contribution is -2.51. The van der Waals surface area contributed by atoms with Crippen molar-refractivity contribution < 1.29 is 9.59 Å². The number of nitrogens with zero attached hydrogens (tertiary/aromatic N) is 2. The van der Waals surface area contributed by atoms with E-state index >= 15 is 0 Å². The average molecular weight is 403 g/mol. The number of nitrogens with one attached hydrogen (secondary N) is 1. The predicted octanol–water partition coefficient (Wildman–Crippen LogP) is 2.57. The number of nitrogens with two attached hydrogens (primary N) is 1. The van der Waals surface area contributed by atoms with Crippen LogP contribution in [-0.2, 0) is 16.1 Å². The number of thiophene rings is 1. The number of nitrogen functional groups attached to an aromatic ring is 1. The van der Waals surface area contributed by atoms with Crippen LogP contribution >= 0.6 is 22.9 Å².